The van der Waals surface area contributed by atoms with Gasteiger partial charge in [-0.3, -0.25) is 14.5 Å². The van der Waals surface area contributed by atoms with E-state index in [0.717, 1.165) is 16.3 Å². The second-order valence-corrected chi connectivity index (χ2v) is 13.1. The lowest BCUT2D eigenvalue weighted by molar-refractivity contribution is -0.134. The van der Waals surface area contributed by atoms with Crippen LogP contribution < -0.4 is 10.2 Å². The SMILES string of the molecule is C[C@@H]1CN2C(=O)c3sccc3N(C(=O)NCCC(c3ccccc3)c3ccccc3)C2CN(Cc2ccc3ccccc3c2)C1=O. The summed E-state index contributed by atoms with van der Waals surface area (Å²) < 4.78 is 0. The van der Waals surface area contributed by atoms with Gasteiger partial charge in [0.05, 0.1) is 18.2 Å². The van der Waals surface area contributed by atoms with Gasteiger partial charge in [0.15, 0.2) is 0 Å². The summed E-state index contributed by atoms with van der Waals surface area (Å²) in [4.78, 5) is 47.4. The molecule has 5 aromatic rings. The fraction of sp³-hybridized carbons (Fsp3) is 0.237. The van der Waals surface area contributed by atoms with E-state index in [2.05, 4.69) is 53.8 Å². The number of thiophene rings is 1. The molecule has 7 rings (SSSR count). The maximum atomic E-state index is 14.1. The number of rotatable bonds is 7. The fourth-order valence-corrected chi connectivity index (χ4v) is 7.66. The smallest absolute Gasteiger partial charge is 0.323 e. The van der Waals surface area contributed by atoms with Crippen LogP contribution in [0.5, 0.6) is 0 Å². The molecular weight excluding hydrogens is 593 g/mol. The van der Waals surface area contributed by atoms with Crippen molar-refractivity contribution in [3.8, 4) is 0 Å². The van der Waals surface area contributed by atoms with Crippen LogP contribution in [0, 0.1) is 5.92 Å². The highest BCUT2D eigenvalue weighted by Crippen LogP contribution is 2.37. The van der Waals surface area contributed by atoms with Gasteiger partial charge < -0.3 is 15.1 Å². The number of nitrogens with one attached hydrogen (secondary N) is 1. The van der Waals surface area contributed by atoms with E-state index in [0.29, 0.717) is 30.1 Å². The zero-order valence-electron chi connectivity index (χ0n) is 25.7. The van der Waals surface area contributed by atoms with E-state index in [4.69, 9.17) is 0 Å². The third-order valence-corrected chi connectivity index (χ3v) is 10.0. The van der Waals surface area contributed by atoms with Crippen molar-refractivity contribution in [2.24, 2.45) is 5.92 Å². The van der Waals surface area contributed by atoms with Crippen molar-refractivity contribution in [1.82, 2.24) is 15.1 Å². The predicted octanol–water partition coefficient (Wildman–Crippen LogP) is 7.10. The zero-order valence-corrected chi connectivity index (χ0v) is 26.5. The molecule has 2 aliphatic heterocycles. The highest BCUT2D eigenvalue weighted by Gasteiger charge is 2.46. The van der Waals surface area contributed by atoms with Gasteiger partial charge in [0.2, 0.25) is 5.91 Å². The quantitative estimate of drug-likeness (QED) is 0.209. The highest BCUT2D eigenvalue weighted by molar-refractivity contribution is 7.12. The van der Waals surface area contributed by atoms with Crippen molar-refractivity contribution < 1.29 is 14.4 Å². The number of hydrogen-bond acceptors (Lipinski definition) is 4. The first kappa shape index (κ1) is 29.7. The standard InChI is InChI=1S/C38H36N4O3S/c1-26-23-41-34(25-40(36(26)43)24-27-16-17-28-10-8-9-15-31(28)22-27)42(33-19-21-46-35(33)37(41)44)38(45)39-20-18-32(29-11-4-2-5-12-29)30-13-6-3-7-14-30/h2-17,19,21-22,26,32,34H,18,20,23-25H2,1H3,(H,39,45)/t26-,34?/m1/s1. The second-order valence-electron chi connectivity index (χ2n) is 12.1. The van der Waals surface area contributed by atoms with Crippen LogP contribution in [0.1, 0.15) is 45.6 Å². The molecule has 1 N–H and O–H groups in total. The summed E-state index contributed by atoms with van der Waals surface area (Å²) in [6.07, 6.45) is 0.0871. The van der Waals surface area contributed by atoms with Gasteiger partial charge in [-0.15, -0.1) is 11.3 Å². The Morgan fingerprint density at radius 2 is 1.52 bits per heavy atom. The van der Waals surface area contributed by atoms with Gasteiger partial charge in [-0.1, -0.05) is 104 Å². The highest BCUT2D eigenvalue weighted by atomic mass is 32.1. The number of hydrogen-bond donors (Lipinski definition) is 1. The summed E-state index contributed by atoms with van der Waals surface area (Å²) in [5, 5.41) is 7.29. The van der Waals surface area contributed by atoms with Crippen LogP contribution in [0.4, 0.5) is 10.5 Å². The van der Waals surface area contributed by atoms with E-state index >= 15 is 0 Å². The molecule has 0 aliphatic carbocycles. The minimum Gasteiger partial charge on any atom is -0.338 e. The van der Waals surface area contributed by atoms with E-state index in [1.807, 2.05) is 77.9 Å². The summed E-state index contributed by atoms with van der Waals surface area (Å²) in [6.45, 7) is 3.18. The molecule has 4 amide bonds. The molecule has 8 heteroatoms. The molecule has 2 atom stereocenters. The van der Waals surface area contributed by atoms with Gasteiger partial charge in [-0.2, -0.15) is 0 Å². The third-order valence-electron chi connectivity index (χ3n) is 9.12. The van der Waals surface area contributed by atoms with Crippen molar-refractivity contribution in [1.29, 1.82) is 0 Å². The summed E-state index contributed by atoms with van der Waals surface area (Å²) in [6, 6.07) is 36.6. The normalized spacial score (nSPS) is 18.0. The Morgan fingerprint density at radius 1 is 0.848 bits per heavy atom. The van der Waals surface area contributed by atoms with Gasteiger partial charge in [0, 0.05) is 25.6 Å². The molecular formula is C38H36N4O3S. The van der Waals surface area contributed by atoms with Crippen molar-refractivity contribution in [3.05, 3.63) is 136 Å². The molecule has 1 aromatic heterocycles. The van der Waals surface area contributed by atoms with Crippen LogP contribution in [-0.4, -0.2) is 53.4 Å². The number of carbonyl (C=O) groups excluding carboxylic acids is 3. The molecule has 7 nitrogen and oxygen atoms in total. The zero-order chi connectivity index (χ0) is 31.6. The van der Waals surface area contributed by atoms with E-state index in [1.165, 1.54) is 22.5 Å². The number of anilines is 1. The Balaban J connectivity index is 1.15. The number of nitrogens with zero attached hydrogens (tertiary/aromatic N) is 3. The third kappa shape index (κ3) is 5.76. The lowest BCUT2D eigenvalue weighted by atomic mass is 9.88. The van der Waals surface area contributed by atoms with Crippen LogP contribution >= 0.6 is 11.3 Å². The largest absolute Gasteiger partial charge is 0.338 e. The van der Waals surface area contributed by atoms with Gasteiger partial charge in [0.25, 0.3) is 5.91 Å². The average molecular weight is 629 g/mol. The van der Waals surface area contributed by atoms with Gasteiger partial charge in [-0.25, -0.2) is 4.79 Å². The number of carbonyl (C=O) groups is 3. The molecule has 0 radical (unpaired) electrons. The first-order valence-electron chi connectivity index (χ1n) is 15.8. The van der Waals surface area contributed by atoms with E-state index in [-0.39, 0.29) is 36.9 Å². The molecule has 46 heavy (non-hydrogen) atoms. The Labute approximate surface area is 273 Å². The van der Waals surface area contributed by atoms with Crippen LogP contribution in [0.15, 0.2) is 115 Å². The Hall–Kier alpha value is -4.95. The van der Waals surface area contributed by atoms with Crippen LogP contribution in [0.2, 0.25) is 0 Å². The summed E-state index contributed by atoms with van der Waals surface area (Å²) in [7, 11) is 0. The maximum Gasteiger partial charge on any atom is 0.323 e. The van der Waals surface area contributed by atoms with Gasteiger partial charge in [-0.05, 0) is 51.4 Å². The lowest BCUT2D eigenvalue weighted by Crippen LogP contribution is -2.61. The molecule has 3 heterocycles. The summed E-state index contributed by atoms with van der Waals surface area (Å²) in [5.74, 6) is -0.432. The fourth-order valence-electron chi connectivity index (χ4n) is 6.82. The molecule has 0 bridgehead atoms. The number of urea groups is 1. The van der Waals surface area contributed by atoms with Crippen molar-refractivity contribution >= 4 is 45.6 Å². The number of benzene rings is 4. The van der Waals surface area contributed by atoms with E-state index in [9.17, 15) is 14.4 Å². The molecule has 232 valence electrons. The Bertz CT molecular complexity index is 1840. The summed E-state index contributed by atoms with van der Waals surface area (Å²) in [5.41, 5.74) is 4.00. The monoisotopic (exact) mass is 628 g/mol. The van der Waals surface area contributed by atoms with Gasteiger partial charge >= 0.3 is 6.03 Å². The maximum absolute atomic E-state index is 14.1. The van der Waals surface area contributed by atoms with Crippen LogP contribution in [0.25, 0.3) is 10.8 Å². The first-order valence-corrected chi connectivity index (χ1v) is 16.7. The molecule has 0 spiro atoms. The predicted molar refractivity (Wildman–Crippen MR) is 183 cm³/mol. The van der Waals surface area contributed by atoms with E-state index in [1.54, 1.807) is 9.80 Å². The number of fused-ring (bicyclic) bond motifs is 3. The van der Waals surface area contributed by atoms with Gasteiger partial charge in [0.1, 0.15) is 11.0 Å². The van der Waals surface area contributed by atoms with Crippen molar-refractivity contribution in [2.75, 3.05) is 24.5 Å². The Kier molecular flexibility index (Phi) is 8.28. The van der Waals surface area contributed by atoms with E-state index < -0.39 is 12.1 Å². The van der Waals surface area contributed by atoms with Crippen molar-refractivity contribution in [3.63, 3.8) is 0 Å². The molecule has 2 aliphatic rings. The number of amides is 4. The average Bonchev–Trinajstić information content (AvgIpc) is 3.54. The second kappa shape index (κ2) is 12.8. The molecule has 1 fully saturated rings. The van der Waals surface area contributed by atoms with Crippen LogP contribution in [-0.2, 0) is 11.3 Å². The topological polar surface area (TPSA) is 73.0 Å². The molecule has 1 unspecified atom stereocenters. The minimum absolute atomic E-state index is 0.0207. The lowest BCUT2D eigenvalue weighted by Gasteiger charge is -2.43. The van der Waals surface area contributed by atoms with Crippen LogP contribution in [0.3, 0.4) is 0 Å². The summed E-state index contributed by atoms with van der Waals surface area (Å²) >= 11 is 1.34. The molecule has 4 aromatic carbocycles. The molecule has 0 saturated carbocycles. The Morgan fingerprint density at radius 3 is 2.24 bits per heavy atom. The minimum atomic E-state index is -0.622. The first-order chi connectivity index (χ1) is 22.5. The molecule has 1 saturated heterocycles. The van der Waals surface area contributed by atoms with Crippen molar-refractivity contribution in [2.45, 2.75) is 32.0 Å².